The molecule has 19 heavy (non-hydrogen) atoms. The van der Waals surface area contributed by atoms with Crippen molar-refractivity contribution in [3.05, 3.63) is 12.2 Å². The van der Waals surface area contributed by atoms with Crippen molar-refractivity contribution in [1.29, 1.82) is 0 Å². The minimum Gasteiger partial charge on any atom is -0.464 e. The molecule has 1 aliphatic rings. The molecule has 1 aliphatic heterocycles. The van der Waals surface area contributed by atoms with E-state index in [0.29, 0.717) is 6.42 Å². The molecule has 2 amide bonds. The molecule has 0 bridgehead atoms. The molecule has 1 rings (SSSR count). The lowest BCUT2D eigenvalue weighted by atomic mass is 9.90. The van der Waals surface area contributed by atoms with Crippen LogP contribution in [0.3, 0.4) is 0 Å². The second-order valence-corrected chi connectivity index (χ2v) is 5.80. The van der Waals surface area contributed by atoms with E-state index in [9.17, 15) is 14.4 Å². The Hall–Kier alpha value is -1.65. The first-order chi connectivity index (χ1) is 8.79. The van der Waals surface area contributed by atoms with Crippen molar-refractivity contribution in [3.8, 4) is 0 Å². The highest BCUT2D eigenvalue weighted by Gasteiger charge is 2.23. The highest BCUT2D eigenvalue weighted by molar-refractivity contribution is 6.12. The van der Waals surface area contributed by atoms with Crippen molar-refractivity contribution < 1.29 is 19.1 Å². The van der Waals surface area contributed by atoms with Crippen molar-refractivity contribution in [3.63, 3.8) is 0 Å². The van der Waals surface area contributed by atoms with E-state index in [4.69, 9.17) is 4.74 Å². The smallest absolute Gasteiger partial charge is 0.305 e. The monoisotopic (exact) mass is 267 g/mol. The van der Waals surface area contributed by atoms with Gasteiger partial charge in [0.05, 0.1) is 6.54 Å². The lowest BCUT2D eigenvalue weighted by Crippen LogP contribution is -2.33. The summed E-state index contributed by atoms with van der Waals surface area (Å²) in [6.45, 7) is 6.55. The molecule has 5 heteroatoms. The van der Waals surface area contributed by atoms with Gasteiger partial charge in [0.25, 0.3) is 11.8 Å². The Balaban J connectivity index is 2.14. The van der Waals surface area contributed by atoms with Crippen LogP contribution in [-0.2, 0) is 19.1 Å². The first-order valence-corrected chi connectivity index (χ1v) is 6.49. The number of nitrogens with zero attached hydrogens (tertiary/aromatic N) is 1. The van der Waals surface area contributed by atoms with Crippen LogP contribution in [0.5, 0.6) is 0 Å². The van der Waals surface area contributed by atoms with Crippen molar-refractivity contribution >= 4 is 17.8 Å². The highest BCUT2D eigenvalue weighted by Crippen LogP contribution is 2.21. The van der Waals surface area contributed by atoms with Crippen LogP contribution in [0.1, 0.15) is 40.0 Å². The fraction of sp³-hybridized carbons (Fsp3) is 0.643. The van der Waals surface area contributed by atoms with Crippen molar-refractivity contribution in [2.24, 2.45) is 5.41 Å². The number of carbonyl (C=O) groups excluding carboxylic acids is 3. The quantitative estimate of drug-likeness (QED) is 0.542. The van der Waals surface area contributed by atoms with Gasteiger partial charge >= 0.3 is 5.97 Å². The van der Waals surface area contributed by atoms with Crippen LogP contribution in [0.2, 0.25) is 0 Å². The van der Waals surface area contributed by atoms with Gasteiger partial charge in [-0.2, -0.15) is 0 Å². The van der Waals surface area contributed by atoms with E-state index in [1.165, 1.54) is 12.2 Å². The molecule has 0 atom stereocenters. The van der Waals surface area contributed by atoms with Crippen molar-refractivity contribution in [2.45, 2.75) is 40.0 Å². The Morgan fingerprint density at radius 1 is 1.21 bits per heavy atom. The molecule has 0 saturated carbocycles. The molecule has 0 unspecified atom stereocenters. The van der Waals surface area contributed by atoms with Gasteiger partial charge in [0, 0.05) is 18.6 Å². The predicted octanol–water partition coefficient (Wildman–Crippen LogP) is 1.67. The summed E-state index contributed by atoms with van der Waals surface area (Å²) < 4.78 is 5.00. The van der Waals surface area contributed by atoms with Crippen LogP contribution in [-0.4, -0.2) is 35.8 Å². The van der Waals surface area contributed by atoms with Crippen LogP contribution in [0.25, 0.3) is 0 Å². The van der Waals surface area contributed by atoms with Gasteiger partial charge in [0.15, 0.2) is 0 Å². The summed E-state index contributed by atoms with van der Waals surface area (Å²) in [5, 5.41) is 0. The third kappa shape index (κ3) is 5.68. The Morgan fingerprint density at radius 3 is 2.32 bits per heavy atom. The van der Waals surface area contributed by atoms with Gasteiger partial charge in [0.2, 0.25) is 0 Å². The molecule has 0 aromatic carbocycles. The summed E-state index contributed by atoms with van der Waals surface area (Å²) in [6.07, 6.45) is 4.54. The zero-order chi connectivity index (χ0) is 14.5. The van der Waals surface area contributed by atoms with Crippen LogP contribution < -0.4 is 0 Å². The van der Waals surface area contributed by atoms with Gasteiger partial charge in [-0.25, -0.2) is 0 Å². The molecule has 5 nitrogen and oxygen atoms in total. The van der Waals surface area contributed by atoms with E-state index in [1.54, 1.807) is 0 Å². The van der Waals surface area contributed by atoms with Gasteiger partial charge < -0.3 is 4.74 Å². The van der Waals surface area contributed by atoms with Crippen LogP contribution in [0, 0.1) is 5.41 Å². The third-order valence-corrected chi connectivity index (χ3v) is 2.79. The van der Waals surface area contributed by atoms with Gasteiger partial charge in [-0.05, 0) is 18.3 Å². The Bertz CT molecular complexity index is 375. The molecule has 0 spiro atoms. The minimum absolute atomic E-state index is 0.0630. The predicted molar refractivity (Wildman–Crippen MR) is 70.1 cm³/mol. The van der Waals surface area contributed by atoms with Gasteiger partial charge in [-0.15, -0.1) is 0 Å². The van der Waals surface area contributed by atoms with E-state index < -0.39 is 0 Å². The van der Waals surface area contributed by atoms with Crippen LogP contribution in [0.15, 0.2) is 12.2 Å². The SMILES string of the molecule is CC(C)(C)CCCC(=O)OCCN1C(=O)C=CC1=O. The summed E-state index contributed by atoms with van der Waals surface area (Å²) in [5.74, 6) is -0.987. The number of esters is 1. The number of amides is 2. The second kappa shape index (κ2) is 6.50. The Kier molecular flexibility index (Phi) is 5.27. The summed E-state index contributed by atoms with van der Waals surface area (Å²) in [4.78, 5) is 34.9. The second-order valence-electron chi connectivity index (χ2n) is 5.80. The number of carbonyl (C=O) groups is 3. The summed E-state index contributed by atoms with van der Waals surface area (Å²) in [6, 6.07) is 0. The number of hydrogen-bond acceptors (Lipinski definition) is 4. The molecule has 0 aromatic rings. The number of ether oxygens (including phenoxy) is 1. The normalized spacial score (nSPS) is 15.2. The van der Waals surface area contributed by atoms with Crippen LogP contribution in [0.4, 0.5) is 0 Å². The third-order valence-electron chi connectivity index (χ3n) is 2.79. The van der Waals surface area contributed by atoms with E-state index in [-0.39, 0.29) is 36.4 Å². The van der Waals surface area contributed by atoms with Crippen molar-refractivity contribution in [1.82, 2.24) is 4.90 Å². The first-order valence-electron chi connectivity index (χ1n) is 6.49. The van der Waals surface area contributed by atoms with E-state index in [0.717, 1.165) is 17.7 Å². The number of imide groups is 1. The van der Waals surface area contributed by atoms with Gasteiger partial charge in [0.1, 0.15) is 6.61 Å². The lowest BCUT2D eigenvalue weighted by Gasteiger charge is -2.17. The van der Waals surface area contributed by atoms with Crippen LogP contribution >= 0.6 is 0 Å². The summed E-state index contributed by atoms with van der Waals surface area (Å²) in [7, 11) is 0. The molecule has 0 aliphatic carbocycles. The van der Waals surface area contributed by atoms with E-state index >= 15 is 0 Å². The van der Waals surface area contributed by atoms with E-state index in [1.807, 2.05) is 0 Å². The Labute approximate surface area is 113 Å². The fourth-order valence-electron chi connectivity index (χ4n) is 1.74. The fourth-order valence-corrected chi connectivity index (χ4v) is 1.74. The van der Waals surface area contributed by atoms with E-state index in [2.05, 4.69) is 20.8 Å². The maximum Gasteiger partial charge on any atom is 0.305 e. The molecule has 0 saturated heterocycles. The maximum absolute atomic E-state index is 11.4. The van der Waals surface area contributed by atoms with Crippen molar-refractivity contribution in [2.75, 3.05) is 13.2 Å². The molecule has 1 heterocycles. The van der Waals surface area contributed by atoms with Gasteiger partial charge in [-0.1, -0.05) is 20.8 Å². The lowest BCUT2D eigenvalue weighted by molar-refractivity contribution is -0.147. The molecule has 0 aromatic heterocycles. The summed E-state index contributed by atoms with van der Waals surface area (Å²) >= 11 is 0. The van der Waals surface area contributed by atoms with Gasteiger partial charge in [-0.3, -0.25) is 19.3 Å². The molecular formula is C14H21NO4. The average Bonchev–Trinajstić information content (AvgIpc) is 2.58. The zero-order valence-electron chi connectivity index (χ0n) is 11.8. The molecule has 0 radical (unpaired) electrons. The first kappa shape index (κ1) is 15.4. The standard InChI is InChI=1S/C14H21NO4/c1-14(2,3)8-4-5-13(18)19-10-9-15-11(16)6-7-12(15)17/h6-7H,4-5,8-10H2,1-3H3. The molecule has 106 valence electrons. The number of rotatable bonds is 6. The zero-order valence-corrected chi connectivity index (χ0v) is 11.8. The average molecular weight is 267 g/mol. The largest absolute Gasteiger partial charge is 0.464 e. The summed E-state index contributed by atoms with van der Waals surface area (Å²) in [5.41, 5.74) is 0.209. The number of hydrogen-bond donors (Lipinski definition) is 0. The Morgan fingerprint density at radius 2 is 1.79 bits per heavy atom. The highest BCUT2D eigenvalue weighted by atomic mass is 16.5. The molecular weight excluding hydrogens is 246 g/mol. The molecule has 0 fully saturated rings. The topological polar surface area (TPSA) is 63.7 Å². The molecule has 0 N–H and O–H groups in total. The maximum atomic E-state index is 11.4. The minimum atomic E-state index is -0.353.